The molecule has 0 spiro atoms. The van der Waals surface area contributed by atoms with E-state index in [-0.39, 0.29) is 6.04 Å². The lowest BCUT2D eigenvalue weighted by Crippen LogP contribution is -2.46. The zero-order valence-corrected chi connectivity index (χ0v) is 18.0. The lowest BCUT2D eigenvalue weighted by atomic mass is 9.88. The van der Waals surface area contributed by atoms with Crippen LogP contribution in [0.5, 0.6) is 0 Å². The Morgan fingerprint density at radius 1 is 0.781 bits per heavy atom. The fraction of sp³-hybridized carbons (Fsp3) is 0.207. The van der Waals surface area contributed by atoms with Crippen LogP contribution in [0.4, 0.5) is 0 Å². The highest BCUT2D eigenvalue weighted by molar-refractivity contribution is 5.86. The molecule has 1 fully saturated rings. The van der Waals surface area contributed by atoms with Crippen molar-refractivity contribution in [2.24, 2.45) is 0 Å². The maximum atomic E-state index is 12.2. The molecule has 5 rings (SSSR count). The van der Waals surface area contributed by atoms with Crippen molar-refractivity contribution in [2.45, 2.75) is 31.3 Å². The molecule has 0 aliphatic carbocycles. The van der Waals surface area contributed by atoms with E-state index in [1.807, 2.05) is 18.2 Å². The molecule has 2 atom stereocenters. The van der Waals surface area contributed by atoms with Crippen LogP contribution in [0.15, 0.2) is 97.1 Å². The monoisotopic (exact) mass is 421 g/mol. The molecule has 1 saturated heterocycles. The molecule has 0 amide bonds. The number of aliphatic carboxylic acids is 1. The summed E-state index contributed by atoms with van der Waals surface area (Å²) in [6, 6.07) is 33.2. The lowest BCUT2D eigenvalue weighted by Gasteiger charge is -2.40. The van der Waals surface area contributed by atoms with Gasteiger partial charge in [0.1, 0.15) is 6.04 Å². The molecule has 2 unspecified atom stereocenters. The Hall–Kier alpha value is -3.43. The molecule has 0 radical (unpaired) electrons. The van der Waals surface area contributed by atoms with Gasteiger partial charge in [0.25, 0.3) is 0 Å². The van der Waals surface area contributed by atoms with Gasteiger partial charge >= 0.3 is 5.97 Å². The van der Waals surface area contributed by atoms with E-state index in [1.54, 1.807) is 0 Å². The maximum Gasteiger partial charge on any atom is 0.320 e. The largest absolute Gasteiger partial charge is 0.480 e. The Kier molecular flexibility index (Phi) is 5.74. The van der Waals surface area contributed by atoms with Gasteiger partial charge in [-0.1, -0.05) is 103 Å². The number of carbonyl (C=O) groups is 1. The van der Waals surface area contributed by atoms with Crippen molar-refractivity contribution in [1.29, 1.82) is 0 Å². The summed E-state index contributed by atoms with van der Waals surface area (Å²) < 4.78 is 0. The number of hydrogen-bond donors (Lipinski definition) is 1. The number of carboxylic acid groups (broad SMARTS) is 1. The summed E-state index contributed by atoms with van der Waals surface area (Å²) in [5.41, 5.74) is 4.65. The molecule has 3 nitrogen and oxygen atoms in total. The number of rotatable bonds is 5. The third-order valence-electron chi connectivity index (χ3n) is 6.61. The third kappa shape index (κ3) is 3.92. The smallest absolute Gasteiger partial charge is 0.320 e. The second-order valence-corrected chi connectivity index (χ2v) is 8.55. The first-order valence-electron chi connectivity index (χ1n) is 11.3. The van der Waals surface area contributed by atoms with Gasteiger partial charge in [0, 0.05) is 0 Å². The van der Waals surface area contributed by atoms with Crippen LogP contribution in [0.25, 0.3) is 21.9 Å². The molecular formula is C29H27NO2. The Morgan fingerprint density at radius 3 is 2.25 bits per heavy atom. The number of likely N-dealkylation sites (tertiary alicyclic amines) is 1. The van der Waals surface area contributed by atoms with Gasteiger partial charge in [-0.2, -0.15) is 0 Å². The van der Waals surface area contributed by atoms with Crippen molar-refractivity contribution in [2.75, 3.05) is 6.54 Å². The van der Waals surface area contributed by atoms with E-state index in [2.05, 4.69) is 83.8 Å². The standard InChI is InChI=1S/C29H27NO2/c31-29(32)27-15-6-7-20-30(27)28(26-14-8-12-23-11-4-5-13-25(23)26)24-18-16-22(17-19-24)21-9-2-1-3-10-21/h1-5,8-14,16-19,27-28H,6-7,15,20H2,(H,31,32). The summed E-state index contributed by atoms with van der Waals surface area (Å²) >= 11 is 0. The predicted molar refractivity (Wildman–Crippen MR) is 130 cm³/mol. The van der Waals surface area contributed by atoms with Crippen molar-refractivity contribution in [3.8, 4) is 11.1 Å². The van der Waals surface area contributed by atoms with E-state index in [0.717, 1.165) is 24.9 Å². The molecule has 3 heteroatoms. The Morgan fingerprint density at radius 2 is 1.47 bits per heavy atom. The quantitative estimate of drug-likeness (QED) is 0.398. The number of benzene rings is 4. The van der Waals surface area contributed by atoms with Crippen molar-refractivity contribution in [1.82, 2.24) is 4.90 Å². The highest BCUT2D eigenvalue weighted by Crippen LogP contribution is 2.38. The fourth-order valence-corrected chi connectivity index (χ4v) is 5.06. The van der Waals surface area contributed by atoms with E-state index < -0.39 is 12.0 Å². The SMILES string of the molecule is O=C(O)C1CCCCN1C(c1ccc(-c2ccccc2)cc1)c1cccc2ccccc12. The molecule has 1 aliphatic heterocycles. The highest BCUT2D eigenvalue weighted by Gasteiger charge is 2.35. The first-order valence-corrected chi connectivity index (χ1v) is 11.3. The minimum atomic E-state index is -0.726. The molecule has 160 valence electrons. The summed E-state index contributed by atoms with van der Waals surface area (Å²) in [5.74, 6) is -0.726. The lowest BCUT2D eigenvalue weighted by molar-refractivity contribution is -0.145. The number of piperidine rings is 1. The van der Waals surface area contributed by atoms with Crippen LogP contribution in [-0.2, 0) is 4.79 Å². The third-order valence-corrected chi connectivity index (χ3v) is 6.61. The summed E-state index contributed by atoms with van der Waals surface area (Å²) in [6.07, 6.45) is 2.68. The number of fused-ring (bicyclic) bond motifs is 1. The van der Waals surface area contributed by atoms with Crippen LogP contribution in [-0.4, -0.2) is 28.6 Å². The molecular weight excluding hydrogens is 394 g/mol. The second kappa shape index (κ2) is 8.97. The number of carboxylic acids is 1. The van der Waals surface area contributed by atoms with Gasteiger partial charge < -0.3 is 5.11 Å². The fourth-order valence-electron chi connectivity index (χ4n) is 5.06. The van der Waals surface area contributed by atoms with Crippen LogP contribution < -0.4 is 0 Å². The van der Waals surface area contributed by atoms with Gasteiger partial charge in [-0.05, 0) is 52.4 Å². The second-order valence-electron chi connectivity index (χ2n) is 8.55. The maximum absolute atomic E-state index is 12.2. The normalized spacial score (nSPS) is 17.8. The topological polar surface area (TPSA) is 40.5 Å². The summed E-state index contributed by atoms with van der Waals surface area (Å²) in [7, 11) is 0. The van der Waals surface area contributed by atoms with Crippen LogP contribution in [0, 0.1) is 0 Å². The molecule has 0 saturated carbocycles. The molecule has 0 bridgehead atoms. The van der Waals surface area contributed by atoms with Gasteiger partial charge in [0.05, 0.1) is 6.04 Å². The van der Waals surface area contributed by atoms with Gasteiger partial charge in [-0.3, -0.25) is 9.69 Å². The van der Waals surface area contributed by atoms with Crippen LogP contribution in [0.2, 0.25) is 0 Å². The predicted octanol–water partition coefficient (Wildman–Crippen LogP) is 6.54. The summed E-state index contributed by atoms with van der Waals surface area (Å²) in [4.78, 5) is 14.4. The summed E-state index contributed by atoms with van der Waals surface area (Å²) in [5, 5.41) is 12.4. The van der Waals surface area contributed by atoms with E-state index in [1.165, 1.54) is 27.5 Å². The van der Waals surface area contributed by atoms with Crippen molar-refractivity contribution < 1.29 is 9.90 Å². The van der Waals surface area contributed by atoms with E-state index in [4.69, 9.17) is 0 Å². The van der Waals surface area contributed by atoms with Crippen molar-refractivity contribution >= 4 is 16.7 Å². The Bertz CT molecular complexity index is 1210. The molecule has 1 heterocycles. The molecule has 4 aromatic carbocycles. The zero-order chi connectivity index (χ0) is 21.9. The van der Waals surface area contributed by atoms with E-state index in [0.29, 0.717) is 6.42 Å². The highest BCUT2D eigenvalue weighted by atomic mass is 16.4. The van der Waals surface area contributed by atoms with Crippen LogP contribution in [0.3, 0.4) is 0 Å². The molecule has 4 aromatic rings. The molecule has 1 aliphatic rings. The minimum absolute atomic E-state index is 0.104. The summed E-state index contributed by atoms with van der Waals surface area (Å²) in [6.45, 7) is 0.783. The molecule has 0 aromatic heterocycles. The zero-order valence-electron chi connectivity index (χ0n) is 18.0. The van der Waals surface area contributed by atoms with Gasteiger partial charge in [0.15, 0.2) is 0 Å². The van der Waals surface area contributed by atoms with Crippen LogP contribution >= 0.6 is 0 Å². The number of hydrogen-bond acceptors (Lipinski definition) is 2. The van der Waals surface area contributed by atoms with E-state index >= 15 is 0 Å². The number of nitrogens with zero attached hydrogens (tertiary/aromatic N) is 1. The van der Waals surface area contributed by atoms with Gasteiger partial charge in [-0.15, -0.1) is 0 Å². The van der Waals surface area contributed by atoms with Crippen LogP contribution in [0.1, 0.15) is 36.4 Å². The first kappa shape index (κ1) is 20.5. The van der Waals surface area contributed by atoms with Crippen molar-refractivity contribution in [3.63, 3.8) is 0 Å². The first-order chi connectivity index (χ1) is 15.7. The Labute approximate surface area is 188 Å². The van der Waals surface area contributed by atoms with Crippen molar-refractivity contribution in [3.05, 3.63) is 108 Å². The van der Waals surface area contributed by atoms with Gasteiger partial charge in [-0.25, -0.2) is 0 Å². The average Bonchev–Trinajstić information content (AvgIpc) is 2.85. The van der Waals surface area contributed by atoms with E-state index in [9.17, 15) is 9.90 Å². The molecule has 32 heavy (non-hydrogen) atoms. The average molecular weight is 422 g/mol. The molecule has 1 N–H and O–H groups in total. The Balaban J connectivity index is 1.64. The van der Waals surface area contributed by atoms with Gasteiger partial charge in [0.2, 0.25) is 0 Å². The minimum Gasteiger partial charge on any atom is -0.480 e.